The number of ether oxygens (including phenoxy) is 2. The van der Waals surface area contributed by atoms with Gasteiger partial charge in [-0.3, -0.25) is 0 Å². The molecule has 2 fully saturated rings. The van der Waals surface area contributed by atoms with E-state index in [4.69, 9.17) is 9.47 Å². The van der Waals surface area contributed by atoms with E-state index in [1.807, 2.05) is 0 Å². The molecule has 0 radical (unpaired) electrons. The van der Waals surface area contributed by atoms with Crippen LogP contribution in [0.3, 0.4) is 0 Å². The van der Waals surface area contributed by atoms with Gasteiger partial charge in [-0.05, 0) is 44.4 Å². The first-order valence-electron chi connectivity index (χ1n) is 10.5. The summed E-state index contributed by atoms with van der Waals surface area (Å²) in [6.07, 6.45) is 17.2. The Kier molecular flexibility index (Phi) is 8.08. The van der Waals surface area contributed by atoms with Crippen molar-refractivity contribution in [2.45, 2.75) is 83.3 Å². The van der Waals surface area contributed by atoms with Crippen LogP contribution < -0.4 is 0 Å². The topological polar surface area (TPSA) is 72.9 Å². The molecular weight excluding hydrogens is 328 g/mol. The zero-order chi connectivity index (χ0) is 18.0. The molecule has 2 aliphatic rings. The monoisotopic (exact) mass is 362 g/mol. The predicted molar refractivity (Wildman–Crippen MR) is 101 cm³/mol. The molecule has 3 rings (SSSR count). The molecule has 0 aliphatic carbocycles. The lowest BCUT2D eigenvalue weighted by molar-refractivity contribution is 0.0478. The second-order valence-corrected chi connectivity index (χ2v) is 7.68. The number of aromatic amines is 1. The summed E-state index contributed by atoms with van der Waals surface area (Å²) in [6, 6.07) is 0. The number of hydrogen-bond acceptors (Lipinski definition) is 5. The summed E-state index contributed by atoms with van der Waals surface area (Å²) < 4.78 is 12.2. The molecule has 2 saturated heterocycles. The standard InChI is InChI=1S/C20H34N4O2/c1-2-3-4-9-14-25-15-17-16(18-12-13-19(17)26-18)10-7-5-6-8-11-20-21-23-24-22-20/h5,7,16-19H,2-4,6,8-15H2,1H3,(H,21,22,23,24)/t16-,17+,18-,19+/m1/s1. The molecule has 0 spiro atoms. The number of rotatable bonds is 13. The van der Waals surface area contributed by atoms with Crippen molar-refractivity contribution in [2.75, 3.05) is 13.2 Å². The molecule has 26 heavy (non-hydrogen) atoms. The number of unbranched alkanes of at least 4 members (excludes halogenated alkanes) is 4. The third kappa shape index (κ3) is 5.61. The molecule has 2 bridgehead atoms. The quantitative estimate of drug-likeness (QED) is 0.426. The lowest BCUT2D eigenvalue weighted by Gasteiger charge is -2.27. The van der Waals surface area contributed by atoms with E-state index in [0.29, 0.717) is 24.0 Å². The molecule has 6 nitrogen and oxygen atoms in total. The fourth-order valence-corrected chi connectivity index (χ4v) is 4.32. The van der Waals surface area contributed by atoms with Gasteiger partial charge in [-0.15, -0.1) is 10.2 Å². The number of tetrazole rings is 1. The van der Waals surface area contributed by atoms with Crippen molar-refractivity contribution < 1.29 is 9.47 Å². The molecule has 146 valence electrons. The van der Waals surface area contributed by atoms with Crippen LogP contribution in [0.4, 0.5) is 0 Å². The van der Waals surface area contributed by atoms with E-state index < -0.39 is 0 Å². The van der Waals surface area contributed by atoms with E-state index in [1.54, 1.807) is 0 Å². The van der Waals surface area contributed by atoms with Gasteiger partial charge in [0.25, 0.3) is 0 Å². The minimum atomic E-state index is 0.437. The van der Waals surface area contributed by atoms with Gasteiger partial charge in [-0.2, -0.15) is 5.21 Å². The molecule has 4 atom stereocenters. The van der Waals surface area contributed by atoms with Gasteiger partial charge in [-0.1, -0.05) is 43.6 Å². The first-order valence-corrected chi connectivity index (χ1v) is 10.5. The van der Waals surface area contributed by atoms with Crippen molar-refractivity contribution in [3.8, 4) is 0 Å². The maximum absolute atomic E-state index is 6.18. The average molecular weight is 363 g/mol. The Morgan fingerprint density at radius 1 is 1.12 bits per heavy atom. The van der Waals surface area contributed by atoms with Gasteiger partial charge in [0.1, 0.15) is 0 Å². The molecule has 0 unspecified atom stereocenters. The minimum Gasteiger partial charge on any atom is -0.381 e. The Balaban J connectivity index is 1.33. The van der Waals surface area contributed by atoms with Crippen molar-refractivity contribution in [2.24, 2.45) is 11.8 Å². The molecule has 1 aromatic rings. The molecule has 6 heteroatoms. The molecular formula is C20H34N4O2. The number of nitrogens with one attached hydrogen (secondary N) is 1. The molecule has 1 aromatic heterocycles. The van der Waals surface area contributed by atoms with Crippen molar-refractivity contribution in [1.29, 1.82) is 0 Å². The number of aromatic nitrogens is 4. The van der Waals surface area contributed by atoms with Crippen molar-refractivity contribution in [3.63, 3.8) is 0 Å². The second-order valence-electron chi connectivity index (χ2n) is 7.68. The van der Waals surface area contributed by atoms with Gasteiger partial charge in [0.05, 0.1) is 18.8 Å². The molecule has 0 aromatic carbocycles. The van der Waals surface area contributed by atoms with Gasteiger partial charge in [0.15, 0.2) is 5.82 Å². The van der Waals surface area contributed by atoms with Crippen molar-refractivity contribution in [1.82, 2.24) is 20.6 Å². The Morgan fingerprint density at radius 3 is 2.81 bits per heavy atom. The number of nitrogens with zero attached hydrogens (tertiary/aromatic N) is 3. The van der Waals surface area contributed by atoms with Gasteiger partial charge < -0.3 is 9.47 Å². The predicted octanol–water partition coefficient (Wildman–Crippen LogP) is 3.86. The maximum Gasteiger partial charge on any atom is 0.174 e. The van der Waals surface area contributed by atoms with Gasteiger partial charge in [-0.25, -0.2) is 0 Å². The number of hydrogen-bond donors (Lipinski definition) is 1. The Hall–Kier alpha value is -1.27. The highest BCUT2D eigenvalue weighted by atomic mass is 16.5. The summed E-state index contributed by atoms with van der Waals surface area (Å²) >= 11 is 0. The molecule has 3 heterocycles. The first kappa shape index (κ1) is 19.5. The lowest BCUT2D eigenvalue weighted by Crippen LogP contribution is -2.30. The van der Waals surface area contributed by atoms with Gasteiger partial charge >= 0.3 is 0 Å². The fourth-order valence-electron chi connectivity index (χ4n) is 4.32. The SMILES string of the molecule is CCCCCCOC[C@H]1[C@@H](CC=CCCCc2nn[nH]n2)[C@H]2CC[C@@H]1O2. The second kappa shape index (κ2) is 10.8. The smallest absolute Gasteiger partial charge is 0.174 e. The summed E-state index contributed by atoms with van der Waals surface area (Å²) in [6.45, 7) is 4.03. The summed E-state index contributed by atoms with van der Waals surface area (Å²) in [5.41, 5.74) is 0. The van der Waals surface area contributed by atoms with E-state index in [2.05, 4.69) is 39.7 Å². The molecule has 2 aliphatic heterocycles. The number of allylic oxidation sites excluding steroid dienone is 2. The third-order valence-corrected chi connectivity index (χ3v) is 5.78. The van der Waals surface area contributed by atoms with Crippen LogP contribution >= 0.6 is 0 Å². The van der Waals surface area contributed by atoms with E-state index in [9.17, 15) is 0 Å². The highest BCUT2D eigenvalue weighted by Crippen LogP contribution is 2.45. The number of H-pyrrole nitrogens is 1. The molecule has 0 amide bonds. The summed E-state index contributed by atoms with van der Waals surface area (Å²) in [7, 11) is 0. The highest BCUT2D eigenvalue weighted by molar-refractivity contribution is 4.99. The third-order valence-electron chi connectivity index (χ3n) is 5.78. The number of fused-ring (bicyclic) bond motifs is 2. The van der Waals surface area contributed by atoms with Crippen LogP contribution in [0.15, 0.2) is 12.2 Å². The van der Waals surface area contributed by atoms with E-state index in [1.165, 1.54) is 38.5 Å². The van der Waals surface area contributed by atoms with Crippen LogP contribution in [0.5, 0.6) is 0 Å². The Bertz CT molecular complexity index is 520. The minimum absolute atomic E-state index is 0.437. The van der Waals surface area contributed by atoms with Gasteiger partial charge in [0, 0.05) is 18.9 Å². The van der Waals surface area contributed by atoms with Crippen LogP contribution in [-0.4, -0.2) is 46.0 Å². The zero-order valence-electron chi connectivity index (χ0n) is 16.1. The maximum atomic E-state index is 6.18. The van der Waals surface area contributed by atoms with E-state index in [0.717, 1.165) is 44.7 Å². The Morgan fingerprint density at radius 2 is 2.00 bits per heavy atom. The lowest BCUT2D eigenvalue weighted by atomic mass is 9.78. The van der Waals surface area contributed by atoms with Crippen molar-refractivity contribution >= 4 is 0 Å². The summed E-state index contributed by atoms with van der Waals surface area (Å²) in [5, 5.41) is 14.0. The summed E-state index contributed by atoms with van der Waals surface area (Å²) in [5.74, 6) is 2.03. The first-order chi connectivity index (χ1) is 12.9. The van der Waals surface area contributed by atoms with Crippen molar-refractivity contribution in [3.05, 3.63) is 18.0 Å². The van der Waals surface area contributed by atoms with E-state index in [-0.39, 0.29) is 0 Å². The van der Waals surface area contributed by atoms with E-state index >= 15 is 0 Å². The molecule has 0 saturated carbocycles. The zero-order valence-corrected chi connectivity index (χ0v) is 16.1. The fraction of sp³-hybridized carbons (Fsp3) is 0.850. The van der Waals surface area contributed by atoms with Crippen LogP contribution in [0.2, 0.25) is 0 Å². The number of aryl methyl sites for hydroxylation is 1. The highest BCUT2D eigenvalue weighted by Gasteiger charge is 2.48. The van der Waals surface area contributed by atoms with Crippen LogP contribution in [-0.2, 0) is 15.9 Å². The largest absolute Gasteiger partial charge is 0.381 e. The normalized spacial score (nSPS) is 27.7. The van der Waals surface area contributed by atoms with Gasteiger partial charge in [0.2, 0.25) is 0 Å². The van der Waals surface area contributed by atoms with Crippen LogP contribution in [0.25, 0.3) is 0 Å². The van der Waals surface area contributed by atoms with Crippen LogP contribution in [0, 0.1) is 11.8 Å². The average Bonchev–Trinajstić information content (AvgIpc) is 3.39. The molecule has 1 N–H and O–H groups in total. The Labute approximate surface area is 157 Å². The van der Waals surface area contributed by atoms with Crippen LogP contribution in [0.1, 0.15) is 70.5 Å². The summed E-state index contributed by atoms with van der Waals surface area (Å²) in [4.78, 5) is 0.